The highest BCUT2D eigenvalue weighted by Crippen LogP contribution is 2.32. The number of nitrogens with two attached hydrogens (primary N) is 1. The van der Waals surface area contributed by atoms with Crippen LogP contribution >= 0.6 is 11.3 Å². The van der Waals surface area contributed by atoms with Crippen LogP contribution in [-0.4, -0.2) is 19.7 Å². The SMILES string of the molecule is CC(C)(Nc1cccc(S(C)(=O)=O)c1N)c1nccs1. The molecule has 1 aromatic carbocycles. The van der Waals surface area contributed by atoms with Crippen LogP contribution in [0, 0.1) is 0 Å². The van der Waals surface area contributed by atoms with Gasteiger partial charge in [0.25, 0.3) is 0 Å². The number of benzene rings is 1. The van der Waals surface area contributed by atoms with E-state index in [9.17, 15) is 8.42 Å². The smallest absolute Gasteiger partial charge is 0.177 e. The monoisotopic (exact) mass is 311 g/mol. The lowest BCUT2D eigenvalue weighted by Crippen LogP contribution is -2.28. The standard InChI is InChI=1S/C13H17N3O2S2/c1-13(2,12-15-7-8-19-12)16-9-5-4-6-10(11(9)14)20(3,17)18/h4-8,16H,14H2,1-3H3. The predicted octanol–water partition coefficient (Wildman–Crippen LogP) is 2.48. The number of para-hydroxylation sites is 1. The van der Waals surface area contributed by atoms with Gasteiger partial charge >= 0.3 is 0 Å². The quantitative estimate of drug-likeness (QED) is 0.847. The number of nitrogen functional groups attached to an aromatic ring is 1. The van der Waals surface area contributed by atoms with Crippen LogP contribution < -0.4 is 11.1 Å². The van der Waals surface area contributed by atoms with Crippen molar-refractivity contribution in [1.82, 2.24) is 4.98 Å². The van der Waals surface area contributed by atoms with Crippen molar-refractivity contribution in [1.29, 1.82) is 0 Å². The van der Waals surface area contributed by atoms with E-state index in [2.05, 4.69) is 10.3 Å². The van der Waals surface area contributed by atoms with E-state index < -0.39 is 15.4 Å². The van der Waals surface area contributed by atoms with Gasteiger partial charge < -0.3 is 11.1 Å². The number of nitrogens with one attached hydrogen (secondary N) is 1. The minimum atomic E-state index is -3.34. The van der Waals surface area contributed by atoms with Crippen LogP contribution in [0.2, 0.25) is 0 Å². The van der Waals surface area contributed by atoms with Crippen LogP contribution in [0.3, 0.4) is 0 Å². The largest absolute Gasteiger partial charge is 0.396 e. The molecule has 7 heteroatoms. The van der Waals surface area contributed by atoms with Crippen molar-refractivity contribution in [3.63, 3.8) is 0 Å². The molecular formula is C13H17N3O2S2. The average molecular weight is 311 g/mol. The molecule has 2 rings (SSSR count). The summed E-state index contributed by atoms with van der Waals surface area (Å²) in [5.41, 5.74) is 6.37. The number of sulfone groups is 1. The molecule has 0 bridgehead atoms. The Kier molecular flexibility index (Phi) is 3.75. The normalized spacial score (nSPS) is 12.3. The summed E-state index contributed by atoms with van der Waals surface area (Å²) in [6.45, 7) is 3.94. The van der Waals surface area contributed by atoms with Crippen molar-refractivity contribution >= 4 is 32.5 Å². The van der Waals surface area contributed by atoms with Gasteiger partial charge in [0.1, 0.15) is 5.01 Å². The zero-order chi connectivity index (χ0) is 15.0. The summed E-state index contributed by atoms with van der Waals surface area (Å²) >= 11 is 1.53. The van der Waals surface area contributed by atoms with E-state index in [-0.39, 0.29) is 10.6 Å². The van der Waals surface area contributed by atoms with Crippen molar-refractivity contribution in [3.8, 4) is 0 Å². The molecule has 2 aromatic rings. The molecule has 108 valence electrons. The minimum Gasteiger partial charge on any atom is -0.396 e. The molecule has 0 spiro atoms. The Balaban J connectivity index is 2.41. The molecule has 0 aliphatic heterocycles. The Morgan fingerprint density at radius 2 is 2.05 bits per heavy atom. The topological polar surface area (TPSA) is 85.1 Å². The molecule has 0 saturated carbocycles. The van der Waals surface area contributed by atoms with E-state index >= 15 is 0 Å². The number of hydrogen-bond acceptors (Lipinski definition) is 6. The molecule has 0 aliphatic rings. The van der Waals surface area contributed by atoms with Gasteiger partial charge in [-0.15, -0.1) is 11.3 Å². The summed E-state index contributed by atoms with van der Waals surface area (Å²) in [5.74, 6) is 0. The van der Waals surface area contributed by atoms with Gasteiger partial charge in [-0.25, -0.2) is 13.4 Å². The molecule has 0 amide bonds. The van der Waals surface area contributed by atoms with Crippen molar-refractivity contribution in [2.24, 2.45) is 0 Å². The number of aromatic nitrogens is 1. The molecule has 1 heterocycles. The highest BCUT2D eigenvalue weighted by atomic mass is 32.2. The van der Waals surface area contributed by atoms with E-state index in [1.54, 1.807) is 18.3 Å². The Bertz CT molecular complexity index is 707. The van der Waals surface area contributed by atoms with E-state index in [0.717, 1.165) is 11.3 Å². The Morgan fingerprint density at radius 3 is 2.60 bits per heavy atom. The van der Waals surface area contributed by atoms with E-state index in [1.807, 2.05) is 19.2 Å². The summed E-state index contributed by atoms with van der Waals surface area (Å²) in [5, 5.41) is 6.06. The van der Waals surface area contributed by atoms with Gasteiger partial charge in [0.2, 0.25) is 0 Å². The van der Waals surface area contributed by atoms with Gasteiger partial charge in [-0.3, -0.25) is 0 Å². The van der Waals surface area contributed by atoms with Crippen LogP contribution in [0.1, 0.15) is 18.9 Å². The van der Waals surface area contributed by atoms with Crippen molar-refractivity contribution in [3.05, 3.63) is 34.8 Å². The van der Waals surface area contributed by atoms with Crippen LogP contribution in [0.4, 0.5) is 11.4 Å². The predicted molar refractivity (Wildman–Crippen MR) is 82.7 cm³/mol. The van der Waals surface area contributed by atoms with Gasteiger partial charge in [0.05, 0.1) is 21.8 Å². The van der Waals surface area contributed by atoms with E-state index in [0.29, 0.717) is 5.69 Å². The number of nitrogens with zero attached hydrogens (tertiary/aromatic N) is 1. The summed E-state index contributed by atoms with van der Waals surface area (Å²) in [4.78, 5) is 4.42. The molecule has 0 saturated heterocycles. The maximum Gasteiger partial charge on any atom is 0.177 e. The lowest BCUT2D eigenvalue weighted by molar-refractivity contribution is 0.599. The van der Waals surface area contributed by atoms with Gasteiger partial charge in [-0.2, -0.15) is 0 Å². The maximum absolute atomic E-state index is 11.7. The molecule has 0 aliphatic carbocycles. The Labute approximate surface area is 122 Å². The van der Waals surface area contributed by atoms with Crippen molar-refractivity contribution < 1.29 is 8.42 Å². The number of thiazole rings is 1. The van der Waals surface area contributed by atoms with E-state index in [4.69, 9.17) is 5.73 Å². The summed E-state index contributed by atoms with van der Waals surface area (Å²) < 4.78 is 23.4. The average Bonchev–Trinajstić information content (AvgIpc) is 2.84. The van der Waals surface area contributed by atoms with Crippen LogP contribution in [-0.2, 0) is 15.4 Å². The van der Waals surface area contributed by atoms with Crippen molar-refractivity contribution in [2.45, 2.75) is 24.3 Å². The number of anilines is 2. The zero-order valence-corrected chi connectivity index (χ0v) is 13.2. The highest BCUT2D eigenvalue weighted by molar-refractivity contribution is 7.90. The second-order valence-corrected chi connectivity index (χ2v) is 7.96. The van der Waals surface area contributed by atoms with Gasteiger partial charge in [-0.1, -0.05) is 6.07 Å². The first-order valence-electron chi connectivity index (χ1n) is 5.98. The molecule has 0 fully saturated rings. The van der Waals surface area contributed by atoms with Gasteiger partial charge in [0.15, 0.2) is 9.84 Å². The molecule has 0 radical (unpaired) electrons. The zero-order valence-electron chi connectivity index (χ0n) is 11.5. The summed E-state index contributed by atoms with van der Waals surface area (Å²) in [7, 11) is -3.34. The molecule has 0 unspecified atom stereocenters. The maximum atomic E-state index is 11.7. The molecular weight excluding hydrogens is 294 g/mol. The fourth-order valence-corrected chi connectivity index (χ4v) is 3.45. The van der Waals surface area contributed by atoms with Gasteiger partial charge in [0, 0.05) is 17.8 Å². The van der Waals surface area contributed by atoms with Gasteiger partial charge in [-0.05, 0) is 26.0 Å². The lowest BCUT2D eigenvalue weighted by Gasteiger charge is -2.26. The number of rotatable bonds is 4. The van der Waals surface area contributed by atoms with Crippen LogP contribution in [0.25, 0.3) is 0 Å². The molecule has 5 nitrogen and oxygen atoms in total. The summed E-state index contributed by atoms with van der Waals surface area (Å²) in [6, 6.07) is 4.94. The third-order valence-corrected chi connectivity index (χ3v) is 5.13. The third-order valence-electron chi connectivity index (χ3n) is 2.88. The minimum absolute atomic E-state index is 0.137. The number of hydrogen-bond donors (Lipinski definition) is 2. The molecule has 20 heavy (non-hydrogen) atoms. The summed E-state index contributed by atoms with van der Waals surface area (Å²) in [6.07, 6.45) is 2.88. The first kappa shape index (κ1) is 14.8. The second kappa shape index (κ2) is 5.06. The van der Waals surface area contributed by atoms with Crippen LogP contribution in [0.15, 0.2) is 34.7 Å². The fraction of sp³-hybridized carbons (Fsp3) is 0.308. The molecule has 0 atom stereocenters. The molecule has 3 N–H and O–H groups in total. The Hall–Kier alpha value is -1.60. The lowest BCUT2D eigenvalue weighted by atomic mass is 10.1. The fourth-order valence-electron chi connectivity index (χ4n) is 1.90. The Morgan fingerprint density at radius 1 is 1.35 bits per heavy atom. The highest BCUT2D eigenvalue weighted by Gasteiger charge is 2.25. The second-order valence-electron chi connectivity index (χ2n) is 5.08. The first-order chi connectivity index (χ1) is 9.22. The third kappa shape index (κ3) is 2.94. The van der Waals surface area contributed by atoms with Crippen LogP contribution in [0.5, 0.6) is 0 Å². The molecule has 1 aromatic heterocycles. The van der Waals surface area contributed by atoms with Crippen molar-refractivity contribution in [2.75, 3.05) is 17.3 Å². The van der Waals surface area contributed by atoms with E-state index in [1.165, 1.54) is 17.4 Å². The first-order valence-corrected chi connectivity index (χ1v) is 8.75.